The van der Waals surface area contributed by atoms with Crippen molar-refractivity contribution < 1.29 is 21.6 Å². The minimum atomic E-state index is -4.60. The minimum Gasteiger partial charge on any atom is -0.344 e. The van der Waals surface area contributed by atoms with Crippen LogP contribution in [0.25, 0.3) is 0 Å². The van der Waals surface area contributed by atoms with E-state index in [9.17, 15) is 21.6 Å². The average Bonchev–Trinajstić information content (AvgIpc) is 3.11. The summed E-state index contributed by atoms with van der Waals surface area (Å²) in [5.41, 5.74) is -0.291. The van der Waals surface area contributed by atoms with Crippen molar-refractivity contribution in [2.24, 2.45) is 0 Å². The number of H-pyrrole nitrogens is 1. The fourth-order valence-corrected chi connectivity index (χ4v) is 5.55. The topological polar surface area (TPSA) is 66.1 Å². The summed E-state index contributed by atoms with van der Waals surface area (Å²) in [6.45, 7) is 6.29. The molecular weight excluding hydrogens is 427 g/mol. The highest BCUT2D eigenvalue weighted by molar-refractivity contribution is 7.89. The van der Waals surface area contributed by atoms with Crippen LogP contribution >= 0.6 is 11.6 Å². The average molecular weight is 450 g/mol. The van der Waals surface area contributed by atoms with Crippen molar-refractivity contribution in [3.05, 3.63) is 46.5 Å². The fourth-order valence-electron chi connectivity index (χ4n) is 3.37. The first-order valence-electron chi connectivity index (χ1n) is 9.26. The molecule has 1 saturated heterocycles. The first-order valence-corrected chi connectivity index (χ1v) is 11.1. The molecule has 2 aromatic rings. The molecule has 160 valence electrons. The SMILES string of the molecule is CC(C)(C)c1cnc(C2CCCCN2S(=O)(=O)c2ccc(C(F)(F)F)cc2Cl)[nH]1. The molecule has 5 nitrogen and oxygen atoms in total. The summed E-state index contributed by atoms with van der Waals surface area (Å²) in [4.78, 5) is 7.28. The molecule has 1 aromatic heterocycles. The largest absolute Gasteiger partial charge is 0.416 e. The van der Waals surface area contributed by atoms with Crippen LogP contribution in [0.2, 0.25) is 5.02 Å². The van der Waals surface area contributed by atoms with Gasteiger partial charge in [-0.25, -0.2) is 13.4 Å². The van der Waals surface area contributed by atoms with Crippen molar-refractivity contribution in [3.8, 4) is 0 Å². The monoisotopic (exact) mass is 449 g/mol. The predicted octanol–water partition coefficient (Wildman–Crippen LogP) is 5.30. The minimum absolute atomic E-state index is 0.180. The molecular formula is C19H23ClF3N3O2S. The van der Waals surface area contributed by atoms with Gasteiger partial charge in [-0.1, -0.05) is 38.8 Å². The third-order valence-corrected chi connectivity index (χ3v) is 7.41. The molecule has 1 aromatic carbocycles. The van der Waals surface area contributed by atoms with Gasteiger partial charge in [-0.2, -0.15) is 17.5 Å². The Hall–Kier alpha value is -1.58. The Kier molecular flexibility index (Phi) is 5.79. The molecule has 0 bridgehead atoms. The maximum absolute atomic E-state index is 13.3. The Morgan fingerprint density at radius 3 is 2.45 bits per heavy atom. The maximum Gasteiger partial charge on any atom is 0.416 e. The van der Waals surface area contributed by atoms with E-state index < -0.39 is 32.8 Å². The summed E-state index contributed by atoms with van der Waals surface area (Å²) >= 11 is 5.97. The fraction of sp³-hybridized carbons (Fsp3) is 0.526. The zero-order chi connectivity index (χ0) is 21.6. The van der Waals surface area contributed by atoms with Crippen molar-refractivity contribution in [1.29, 1.82) is 0 Å². The zero-order valence-corrected chi connectivity index (χ0v) is 17.9. The highest BCUT2D eigenvalue weighted by Gasteiger charge is 2.38. The van der Waals surface area contributed by atoms with E-state index in [0.717, 1.165) is 24.2 Å². The molecule has 0 amide bonds. The smallest absolute Gasteiger partial charge is 0.344 e. The molecule has 0 spiro atoms. The Bertz CT molecular complexity index is 997. The maximum atomic E-state index is 13.3. The molecule has 1 fully saturated rings. The van der Waals surface area contributed by atoms with Crippen LogP contribution in [0, 0.1) is 0 Å². The Morgan fingerprint density at radius 1 is 1.21 bits per heavy atom. The van der Waals surface area contributed by atoms with Crippen molar-refractivity contribution in [2.45, 2.75) is 62.6 Å². The number of hydrogen-bond donors (Lipinski definition) is 1. The van der Waals surface area contributed by atoms with Gasteiger partial charge in [0.05, 0.1) is 16.6 Å². The van der Waals surface area contributed by atoms with Gasteiger partial charge in [-0.05, 0) is 31.0 Å². The number of alkyl halides is 3. The molecule has 1 N–H and O–H groups in total. The van der Waals surface area contributed by atoms with E-state index in [-0.39, 0.29) is 16.9 Å². The molecule has 2 heterocycles. The number of rotatable bonds is 3. The molecule has 0 aliphatic carbocycles. The summed E-state index contributed by atoms with van der Waals surface area (Å²) in [6, 6.07) is 1.79. The number of aromatic amines is 1. The Balaban J connectivity index is 1.99. The number of nitrogens with zero attached hydrogens (tertiary/aromatic N) is 2. The van der Waals surface area contributed by atoms with E-state index in [1.807, 2.05) is 20.8 Å². The number of imidazole rings is 1. The summed E-state index contributed by atoms with van der Waals surface area (Å²) < 4.78 is 66.5. The van der Waals surface area contributed by atoms with Crippen LogP contribution < -0.4 is 0 Å². The molecule has 1 aliphatic heterocycles. The molecule has 0 saturated carbocycles. The number of halogens is 4. The summed E-state index contributed by atoms with van der Waals surface area (Å²) in [6.07, 6.45) is -0.866. The van der Waals surface area contributed by atoms with Gasteiger partial charge in [0.1, 0.15) is 10.7 Å². The lowest BCUT2D eigenvalue weighted by Crippen LogP contribution is -2.39. The van der Waals surface area contributed by atoms with Gasteiger partial charge in [-0.3, -0.25) is 0 Å². The molecule has 0 radical (unpaired) electrons. The van der Waals surface area contributed by atoms with Crippen molar-refractivity contribution in [2.75, 3.05) is 6.54 Å². The standard InChI is InChI=1S/C19H23ClF3N3O2S/c1-18(2,3)16-11-24-17(25-16)14-6-4-5-9-26(14)29(27,28)15-8-7-12(10-13(15)20)19(21,22)23/h7-8,10-11,14H,4-6,9H2,1-3H3,(H,24,25). The van der Waals surface area contributed by atoms with Gasteiger partial charge < -0.3 is 4.98 Å². The number of hydrogen-bond acceptors (Lipinski definition) is 3. The van der Waals surface area contributed by atoms with E-state index in [1.54, 1.807) is 6.20 Å². The summed E-state index contributed by atoms with van der Waals surface area (Å²) in [5, 5.41) is -0.445. The zero-order valence-electron chi connectivity index (χ0n) is 16.3. The van der Waals surface area contributed by atoms with E-state index in [0.29, 0.717) is 24.7 Å². The van der Waals surface area contributed by atoms with Crippen molar-refractivity contribution in [1.82, 2.24) is 14.3 Å². The van der Waals surface area contributed by atoms with Crippen LogP contribution in [0.1, 0.15) is 63.2 Å². The van der Waals surface area contributed by atoms with Gasteiger partial charge in [0, 0.05) is 23.9 Å². The molecule has 10 heteroatoms. The lowest BCUT2D eigenvalue weighted by Gasteiger charge is -2.33. The number of nitrogens with one attached hydrogen (secondary N) is 1. The van der Waals surface area contributed by atoms with Crippen LogP contribution in [-0.4, -0.2) is 29.2 Å². The molecule has 29 heavy (non-hydrogen) atoms. The normalized spacial score (nSPS) is 19.5. The molecule has 1 aliphatic rings. The van der Waals surface area contributed by atoms with Crippen molar-refractivity contribution in [3.63, 3.8) is 0 Å². The second-order valence-electron chi connectivity index (χ2n) is 8.20. The number of aromatic nitrogens is 2. The van der Waals surface area contributed by atoms with Crippen LogP contribution in [0.15, 0.2) is 29.3 Å². The summed E-state index contributed by atoms with van der Waals surface area (Å²) in [5.74, 6) is 0.529. The first-order chi connectivity index (χ1) is 13.3. The van der Waals surface area contributed by atoms with E-state index >= 15 is 0 Å². The van der Waals surface area contributed by atoms with Gasteiger partial charge in [0.25, 0.3) is 0 Å². The van der Waals surface area contributed by atoms with Gasteiger partial charge in [-0.15, -0.1) is 0 Å². The Labute approximate surface area is 173 Å². The highest BCUT2D eigenvalue weighted by atomic mass is 35.5. The van der Waals surface area contributed by atoms with E-state index in [1.165, 1.54) is 4.31 Å². The molecule has 1 unspecified atom stereocenters. The number of piperidine rings is 1. The van der Waals surface area contributed by atoms with Gasteiger partial charge in [0.15, 0.2) is 0 Å². The third kappa shape index (κ3) is 4.46. The van der Waals surface area contributed by atoms with Crippen molar-refractivity contribution >= 4 is 21.6 Å². The first kappa shape index (κ1) is 22.1. The second-order valence-corrected chi connectivity index (χ2v) is 10.5. The van der Waals surface area contributed by atoms with E-state index in [2.05, 4.69) is 9.97 Å². The predicted molar refractivity (Wildman–Crippen MR) is 104 cm³/mol. The van der Waals surface area contributed by atoms with Gasteiger partial charge >= 0.3 is 6.18 Å². The van der Waals surface area contributed by atoms with Crippen LogP contribution in [0.3, 0.4) is 0 Å². The van der Waals surface area contributed by atoms with Crippen LogP contribution in [-0.2, 0) is 21.6 Å². The number of sulfonamides is 1. The molecule has 1 atom stereocenters. The molecule has 3 rings (SSSR count). The quantitative estimate of drug-likeness (QED) is 0.691. The Morgan fingerprint density at radius 2 is 1.90 bits per heavy atom. The van der Waals surface area contributed by atoms with E-state index in [4.69, 9.17) is 11.6 Å². The number of benzene rings is 1. The lowest BCUT2D eigenvalue weighted by atomic mass is 9.93. The van der Waals surface area contributed by atoms with Gasteiger partial charge in [0.2, 0.25) is 10.0 Å². The summed E-state index contributed by atoms with van der Waals surface area (Å²) in [7, 11) is -4.10. The van der Waals surface area contributed by atoms with Crippen LogP contribution in [0.5, 0.6) is 0 Å². The highest BCUT2D eigenvalue weighted by Crippen LogP contribution is 2.38. The second kappa shape index (κ2) is 7.59. The lowest BCUT2D eigenvalue weighted by molar-refractivity contribution is -0.137. The van der Waals surface area contributed by atoms with Crippen LogP contribution in [0.4, 0.5) is 13.2 Å². The third-order valence-electron chi connectivity index (χ3n) is 5.02.